The first kappa shape index (κ1) is 14.8. The van der Waals surface area contributed by atoms with E-state index in [4.69, 9.17) is 0 Å². The lowest BCUT2D eigenvalue weighted by Gasteiger charge is -2.11. The van der Waals surface area contributed by atoms with E-state index < -0.39 is 0 Å². The van der Waals surface area contributed by atoms with Crippen molar-refractivity contribution in [2.24, 2.45) is 11.8 Å². The van der Waals surface area contributed by atoms with E-state index in [9.17, 15) is 4.79 Å². The second-order valence-corrected chi connectivity index (χ2v) is 5.30. The summed E-state index contributed by atoms with van der Waals surface area (Å²) < 4.78 is 0. The average molecular weight is 232 g/mol. The van der Waals surface area contributed by atoms with Crippen molar-refractivity contribution < 1.29 is 4.79 Å². The number of rotatable bonds is 8. The average Bonchev–Trinajstić information content (AvgIpc) is 2.15. The van der Waals surface area contributed by atoms with Gasteiger partial charge in [-0.3, -0.25) is 4.79 Å². The van der Waals surface area contributed by atoms with Gasteiger partial charge in [-0.2, -0.15) is 11.8 Å². The van der Waals surface area contributed by atoms with Gasteiger partial charge in [-0.1, -0.05) is 20.8 Å². The summed E-state index contributed by atoms with van der Waals surface area (Å²) in [5, 5.41) is 6.05. The van der Waals surface area contributed by atoms with Crippen LogP contribution in [0.25, 0.3) is 0 Å². The second-order valence-electron chi connectivity index (χ2n) is 4.39. The van der Waals surface area contributed by atoms with Crippen molar-refractivity contribution >= 4 is 17.7 Å². The Labute approximate surface area is 97.8 Å². The fraction of sp³-hybridized carbons (Fsp3) is 0.909. The molecule has 0 saturated carbocycles. The van der Waals surface area contributed by atoms with Gasteiger partial charge in [0, 0.05) is 6.54 Å². The quantitative estimate of drug-likeness (QED) is 0.664. The largest absolute Gasteiger partial charge is 0.355 e. The standard InChI is InChI=1S/C11H24N2OS/c1-9(2)5-13-11(14)7-12-6-10(3)8-15-4/h9-10,12H,5-8H2,1-4H3,(H,13,14). The van der Waals surface area contributed by atoms with Gasteiger partial charge in [-0.15, -0.1) is 0 Å². The topological polar surface area (TPSA) is 41.1 Å². The van der Waals surface area contributed by atoms with Gasteiger partial charge >= 0.3 is 0 Å². The minimum atomic E-state index is 0.0973. The predicted molar refractivity (Wildman–Crippen MR) is 68.3 cm³/mol. The summed E-state index contributed by atoms with van der Waals surface area (Å²) in [5.74, 6) is 2.38. The Hall–Kier alpha value is -0.220. The molecule has 0 saturated heterocycles. The van der Waals surface area contributed by atoms with Crippen molar-refractivity contribution in [1.29, 1.82) is 0 Å². The van der Waals surface area contributed by atoms with Crippen LogP contribution < -0.4 is 10.6 Å². The van der Waals surface area contributed by atoms with Gasteiger partial charge in [0.2, 0.25) is 5.91 Å². The molecule has 0 aromatic heterocycles. The molecule has 0 aliphatic rings. The smallest absolute Gasteiger partial charge is 0.233 e. The van der Waals surface area contributed by atoms with Gasteiger partial charge in [-0.05, 0) is 30.4 Å². The predicted octanol–water partition coefficient (Wildman–Crippen LogP) is 1.35. The first-order chi connectivity index (χ1) is 7.06. The molecule has 1 atom stereocenters. The molecule has 0 fully saturated rings. The summed E-state index contributed by atoms with van der Waals surface area (Å²) in [6.07, 6.45) is 2.10. The molecule has 3 nitrogen and oxygen atoms in total. The molecule has 1 amide bonds. The van der Waals surface area contributed by atoms with Crippen LogP contribution in [0.15, 0.2) is 0 Å². The Morgan fingerprint density at radius 3 is 2.47 bits per heavy atom. The third-order valence-corrected chi connectivity index (χ3v) is 2.84. The van der Waals surface area contributed by atoms with E-state index in [1.54, 1.807) is 0 Å². The Bertz CT molecular complexity index is 174. The lowest BCUT2D eigenvalue weighted by atomic mass is 10.2. The van der Waals surface area contributed by atoms with Gasteiger partial charge in [0.15, 0.2) is 0 Å². The van der Waals surface area contributed by atoms with Gasteiger partial charge in [-0.25, -0.2) is 0 Å². The summed E-state index contributed by atoms with van der Waals surface area (Å²) in [5.41, 5.74) is 0. The molecule has 90 valence electrons. The third-order valence-electron chi connectivity index (χ3n) is 1.94. The van der Waals surface area contributed by atoms with Gasteiger partial charge in [0.1, 0.15) is 0 Å². The number of amides is 1. The highest BCUT2D eigenvalue weighted by molar-refractivity contribution is 7.98. The lowest BCUT2D eigenvalue weighted by Crippen LogP contribution is -2.37. The Morgan fingerprint density at radius 2 is 1.93 bits per heavy atom. The SMILES string of the molecule is CSCC(C)CNCC(=O)NCC(C)C. The van der Waals surface area contributed by atoms with E-state index in [0.29, 0.717) is 18.4 Å². The van der Waals surface area contributed by atoms with Gasteiger partial charge < -0.3 is 10.6 Å². The molecule has 0 aliphatic carbocycles. The monoisotopic (exact) mass is 232 g/mol. The van der Waals surface area contributed by atoms with Crippen molar-refractivity contribution in [3.63, 3.8) is 0 Å². The molecular weight excluding hydrogens is 208 g/mol. The van der Waals surface area contributed by atoms with Crippen LogP contribution in [0.3, 0.4) is 0 Å². The van der Waals surface area contributed by atoms with Crippen molar-refractivity contribution in [2.75, 3.05) is 31.6 Å². The third kappa shape index (κ3) is 10.1. The van der Waals surface area contributed by atoms with Crippen LogP contribution in [0.4, 0.5) is 0 Å². The van der Waals surface area contributed by atoms with Crippen LogP contribution in [0.5, 0.6) is 0 Å². The van der Waals surface area contributed by atoms with E-state index in [0.717, 1.165) is 18.8 Å². The molecule has 0 heterocycles. The van der Waals surface area contributed by atoms with E-state index in [-0.39, 0.29) is 5.91 Å². The van der Waals surface area contributed by atoms with Crippen LogP contribution in [-0.2, 0) is 4.79 Å². The maximum absolute atomic E-state index is 11.3. The molecule has 0 aromatic rings. The molecule has 0 aromatic carbocycles. The number of carbonyl (C=O) groups excluding carboxylic acids is 1. The first-order valence-corrected chi connectivity index (χ1v) is 6.92. The van der Waals surface area contributed by atoms with Crippen molar-refractivity contribution in [3.8, 4) is 0 Å². The minimum Gasteiger partial charge on any atom is -0.355 e. The highest BCUT2D eigenvalue weighted by Crippen LogP contribution is 2.01. The molecule has 1 unspecified atom stereocenters. The lowest BCUT2D eigenvalue weighted by molar-refractivity contribution is -0.120. The maximum atomic E-state index is 11.3. The number of nitrogens with one attached hydrogen (secondary N) is 2. The fourth-order valence-corrected chi connectivity index (χ4v) is 1.84. The number of hydrogen-bond acceptors (Lipinski definition) is 3. The number of thioether (sulfide) groups is 1. The van der Waals surface area contributed by atoms with Crippen molar-refractivity contribution in [3.05, 3.63) is 0 Å². The zero-order valence-corrected chi connectivity index (χ0v) is 11.1. The second kappa shape index (κ2) is 9.04. The molecule has 0 bridgehead atoms. The highest BCUT2D eigenvalue weighted by atomic mass is 32.2. The van der Waals surface area contributed by atoms with Gasteiger partial charge in [0.25, 0.3) is 0 Å². The summed E-state index contributed by atoms with van der Waals surface area (Å²) in [6, 6.07) is 0. The number of hydrogen-bond donors (Lipinski definition) is 2. The Kier molecular flexibility index (Phi) is 8.91. The van der Waals surface area contributed by atoms with E-state index in [1.165, 1.54) is 0 Å². The molecule has 4 heteroatoms. The Balaban J connectivity index is 3.38. The minimum absolute atomic E-state index is 0.0973. The molecule has 2 N–H and O–H groups in total. The molecule has 0 rings (SSSR count). The zero-order chi connectivity index (χ0) is 11.7. The summed E-state index contributed by atoms with van der Waals surface area (Å²) in [4.78, 5) is 11.3. The molecule has 0 spiro atoms. The molecule has 0 radical (unpaired) electrons. The maximum Gasteiger partial charge on any atom is 0.233 e. The highest BCUT2D eigenvalue weighted by Gasteiger charge is 2.04. The first-order valence-electron chi connectivity index (χ1n) is 5.52. The van der Waals surface area contributed by atoms with E-state index in [1.807, 2.05) is 11.8 Å². The summed E-state index contributed by atoms with van der Waals surface area (Å²) in [7, 11) is 0. The number of carbonyl (C=O) groups is 1. The zero-order valence-electron chi connectivity index (χ0n) is 10.3. The van der Waals surface area contributed by atoms with Crippen LogP contribution >= 0.6 is 11.8 Å². The van der Waals surface area contributed by atoms with Crippen LogP contribution in [-0.4, -0.2) is 37.6 Å². The van der Waals surface area contributed by atoms with Crippen LogP contribution in [0.2, 0.25) is 0 Å². The fourth-order valence-electron chi connectivity index (χ4n) is 1.16. The van der Waals surface area contributed by atoms with Gasteiger partial charge in [0.05, 0.1) is 6.54 Å². The summed E-state index contributed by atoms with van der Waals surface area (Å²) in [6.45, 7) is 8.49. The van der Waals surface area contributed by atoms with Crippen molar-refractivity contribution in [2.45, 2.75) is 20.8 Å². The molecule has 0 aliphatic heterocycles. The Morgan fingerprint density at radius 1 is 1.27 bits per heavy atom. The van der Waals surface area contributed by atoms with E-state index >= 15 is 0 Å². The van der Waals surface area contributed by atoms with E-state index in [2.05, 4.69) is 37.7 Å². The molecule has 15 heavy (non-hydrogen) atoms. The van der Waals surface area contributed by atoms with Crippen LogP contribution in [0, 0.1) is 11.8 Å². The summed E-state index contributed by atoms with van der Waals surface area (Å²) >= 11 is 1.84. The van der Waals surface area contributed by atoms with Crippen molar-refractivity contribution in [1.82, 2.24) is 10.6 Å². The normalized spacial score (nSPS) is 12.9. The molecular formula is C11H24N2OS. The van der Waals surface area contributed by atoms with Crippen LogP contribution in [0.1, 0.15) is 20.8 Å².